The van der Waals surface area contributed by atoms with Gasteiger partial charge in [0.1, 0.15) is 11.8 Å². The van der Waals surface area contributed by atoms with Crippen molar-refractivity contribution in [3.8, 4) is 5.75 Å². The molecule has 0 unspecified atom stereocenters. The van der Waals surface area contributed by atoms with Gasteiger partial charge in [-0.05, 0) is 45.4 Å². The summed E-state index contributed by atoms with van der Waals surface area (Å²) in [5.74, 6) is -0.0296. The van der Waals surface area contributed by atoms with Crippen LogP contribution in [0, 0.1) is 17.0 Å². The number of nitro groups is 1. The van der Waals surface area contributed by atoms with E-state index in [4.69, 9.17) is 4.74 Å². The summed E-state index contributed by atoms with van der Waals surface area (Å²) in [6.45, 7) is 6.79. The van der Waals surface area contributed by atoms with Crippen LogP contribution in [0.1, 0.15) is 26.3 Å². The van der Waals surface area contributed by atoms with Crippen molar-refractivity contribution in [1.82, 2.24) is 0 Å². The van der Waals surface area contributed by atoms with Crippen molar-refractivity contribution in [2.45, 2.75) is 39.8 Å². The number of non-ortho nitro benzene ring substituents is 1. The second kappa shape index (κ2) is 9.12. The number of nitrogens with zero attached hydrogens (tertiary/aromatic N) is 2. The second-order valence-corrected chi connectivity index (χ2v) is 9.01. The molecule has 1 atom stereocenters. The van der Waals surface area contributed by atoms with Crippen LogP contribution in [0.25, 0.3) is 0 Å². The Balaban J connectivity index is 2.37. The van der Waals surface area contributed by atoms with E-state index in [9.17, 15) is 23.3 Å². The summed E-state index contributed by atoms with van der Waals surface area (Å²) in [4.78, 5) is 23.4. The zero-order valence-electron chi connectivity index (χ0n) is 17.4. The summed E-state index contributed by atoms with van der Waals surface area (Å²) in [6.07, 6.45) is 0.902. The van der Waals surface area contributed by atoms with Gasteiger partial charge in [0.05, 0.1) is 23.0 Å². The van der Waals surface area contributed by atoms with Crippen molar-refractivity contribution in [3.63, 3.8) is 0 Å². The highest BCUT2D eigenvalue weighted by molar-refractivity contribution is 7.92. The second-order valence-electron chi connectivity index (χ2n) is 7.15. The van der Waals surface area contributed by atoms with Crippen LogP contribution >= 0.6 is 0 Å². The number of nitro benzene ring substituents is 1. The number of hydrogen-bond donors (Lipinski definition) is 1. The third kappa shape index (κ3) is 5.69. The van der Waals surface area contributed by atoms with E-state index in [1.54, 1.807) is 31.2 Å². The van der Waals surface area contributed by atoms with Crippen LogP contribution < -0.4 is 14.4 Å². The molecule has 2 rings (SSSR count). The zero-order chi connectivity index (χ0) is 22.6. The summed E-state index contributed by atoms with van der Waals surface area (Å²) >= 11 is 0. The monoisotopic (exact) mass is 435 g/mol. The molecule has 2 aromatic carbocycles. The van der Waals surface area contributed by atoms with E-state index in [-0.39, 0.29) is 17.5 Å². The first-order chi connectivity index (χ1) is 13.9. The molecule has 0 aliphatic carbocycles. The number of carbonyl (C=O) groups excluding carboxylic acids is 1. The van der Waals surface area contributed by atoms with Gasteiger partial charge in [-0.3, -0.25) is 19.2 Å². The van der Waals surface area contributed by atoms with E-state index >= 15 is 0 Å². The smallest absolute Gasteiger partial charge is 0.271 e. The molecule has 0 bridgehead atoms. The van der Waals surface area contributed by atoms with E-state index in [0.29, 0.717) is 17.0 Å². The maximum atomic E-state index is 12.8. The number of nitrogens with one attached hydrogen (secondary N) is 1. The molecule has 0 saturated carbocycles. The van der Waals surface area contributed by atoms with Crippen LogP contribution in [-0.2, 0) is 14.8 Å². The van der Waals surface area contributed by atoms with Crippen molar-refractivity contribution in [2.24, 2.45) is 0 Å². The Kier molecular flexibility index (Phi) is 7.04. The van der Waals surface area contributed by atoms with Gasteiger partial charge in [0.25, 0.3) is 5.69 Å². The normalized spacial score (nSPS) is 12.3. The maximum absolute atomic E-state index is 12.8. The van der Waals surface area contributed by atoms with Gasteiger partial charge in [-0.15, -0.1) is 0 Å². The van der Waals surface area contributed by atoms with Gasteiger partial charge in [-0.2, -0.15) is 0 Å². The lowest BCUT2D eigenvalue weighted by Crippen LogP contribution is -2.45. The van der Waals surface area contributed by atoms with Crippen LogP contribution in [0.15, 0.2) is 42.5 Å². The Labute approximate surface area is 175 Å². The van der Waals surface area contributed by atoms with Crippen molar-refractivity contribution in [1.29, 1.82) is 0 Å². The van der Waals surface area contributed by atoms with E-state index < -0.39 is 26.9 Å². The Morgan fingerprint density at radius 2 is 1.83 bits per heavy atom. The predicted octanol–water partition coefficient (Wildman–Crippen LogP) is 3.48. The lowest BCUT2D eigenvalue weighted by molar-refractivity contribution is -0.384. The lowest BCUT2D eigenvalue weighted by atomic mass is 10.1. The van der Waals surface area contributed by atoms with Crippen LogP contribution in [0.5, 0.6) is 5.75 Å². The average molecular weight is 436 g/mol. The molecular weight excluding hydrogens is 410 g/mol. The fourth-order valence-corrected chi connectivity index (χ4v) is 4.12. The van der Waals surface area contributed by atoms with Gasteiger partial charge in [-0.1, -0.05) is 12.1 Å². The zero-order valence-corrected chi connectivity index (χ0v) is 18.3. The third-order valence-electron chi connectivity index (χ3n) is 4.20. The van der Waals surface area contributed by atoms with Gasteiger partial charge in [0.15, 0.2) is 0 Å². The fourth-order valence-electron chi connectivity index (χ4n) is 2.90. The number of ether oxygens (including phenoxy) is 1. The highest BCUT2D eigenvalue weighted by Gasteiger charge is 2.31. The average Bonchev–Trinajstić information content (AvgIpc) is 2.61. The summed E-state index contributed by atoms with van der Waals surface area (Å²) in [5.41, 5.74) is 0.730. The van der Waals surface area contributed by atoms with Crippen molar-refractivity contribution in [2.75, 3.05) is 15.9 Å². The first-order valence-corrected chi connectivity index (χ1v) is 11.1. The molecule has 1 N–H and O–H groups in total. The molecule has 1 amide bonds. The van der Waals surface area contributed by atoms with Crippen LogP contribution in [0.4, 0.5) is 17.1 Å². The molecule has 2 aromatic rings. The van der Waals surface area contributed by atoms with E-state index in [2.05, 4.69) is 5.32 Å². The Morgan fingerprint density at radius 3 is 2.40 bits per heavy atom. The molecule has 0 spiro atoms. The highest BCUT2D eigenvalue weighted by Crippen LogP contribution is 2.29. The van der Waals surface area contributed by atoms with Crippen LogP contribution in [0.2, 0.25) is 0 Å². The number of amides is 1. The standard InChI is InChI=1S/C20H25N3O6S/c1-13(2)29-18-8-6-7-16(11-18)21-20(24)15(4)22(30(5,27)28)19-12-17(23(25)26)10-9-14(19)3/h6-13,15H,1-5H3,(H,21,24)/t15-/m1/s1. The molecule has 0 aliphatic heterocycles. The molecule has 0 heterocycles. The van der Waals surface area contributed by atoms with E-state index in [0.717, 1.165) is 16.6 Å². The highest BCUT2D eigenvalue weighted by atomic mass is 32.2. The molecule has 0 radical (unpaired) electrons. The summed E-state index contributed by atoms with van der Waals surface area (Å²) in [5, 5.41) is 13.8. The SMILES string of the molecule is Cc1ccc([N+](=O)[O-])cc1N([C@H](C)C(=O)Nc1cccc(OC(C)C)c1)S(C)(=O)=O. The minimum Gasteiger partial charge on any atom is -0.491 e. The van der Waals surface area contributed by atoms with E-state index in [1.807, 2.05) is 13.8 Å². The topological polar surface area (TPSA) is 119 Å². The van der Waals surface area contributed by atoms with Gasteiger partial charge in [0.2, 0.25) is 15.9 Å². The quantitative estimate of drug-likeness (QED) is 0.501. The molecule has 0 aromatic heterocycles. The maximum Gasteiger partial charge on any atom is 0.271 e. The number of hydrogen-bond acceptors (Lipinski definition) is 6. The lowest BCUT2D eigenvalue weighted by Gasteiger charge is -2.29. The number of aryl methyl sites for hydroxylation is 1. The Hall–Kier alpha value is -3.14. The third-order valence-corrected chi connectivity index (χ3v) is 5.43. The molecular formula is C20H25N3O6S. The first kappa shape index (κ1) is 23.1. The summed E-state index contributed by atoms with van der Waals surface area (Å²) in [7, 11) is -3.92. The van der Waals surface area contributed by atoms with Crippen LogP contribution in [0.3, 0.4) is 0 Å². The number of anilines is 2. The molecule has 10 heteroatoms. The minimum absolute atomic E-state index is 0.0487. The van der Waals surface area contributed by atoms with Gasteiger partial charge < -0.3 is 10.1 Å². The molecule has 162 valence electrons. The van der Waals surface area contributed by atoms with Crippen LogP contribution in [-0.4, -0.2) is 37.6 Å². The fraction of sp³-hybridized carbons (Fsp3) is 0.350. The minimum atomic E-state index is -3.92. The van der Waals surface area contributed by atoms with Gasteiger partial charge >= 0.3 is 0 Å². The van der Waals surface area contributed by atoms with Gasteiger partial charge in [-0.25, -0.2) is 8.42 Å². The van der Waals surface area contributed by atoms with Crippen molar-refractivity contribution < 1.29 is 22.9 Å². The van der Waals surface area contributed by atoms with Gasteiger partial charge in [0, 0.05) is 23.9 Å². The molecule has 9 nitrogen and oxygen atoms in total. The molecule has 0 aliphatic rings. The summed E-state index contributed by atoms with van der Waals surface area (Å²) < 4.78 is 31.5. The Bertz CT molecular complexity index is 1050. The molecule has 0 fully saturated rings. The van der Waals surface area contributed by atoms with E-state index in [1.165, 1.54) is 19.1 Å². The predicted molar refractivity (Wildman–Crippen MR) is 115 cm³/mol. The largest absolute Gasteiger partial charge is 0.491 e. The number of rotatable bonds is 8. The van der Waals surface area contributed by atoms with Crippen molar-refractivity contribution in [3.05, 3.63) is 58.1 Å². The Morgan fingerprint density at radius 1 is 1.17 bits per heavy atom. The first-order valence-electron chi connectivity index (χ1n) is 9.22. The van der Waals surface area contributed by atoms with Crippen molar-refractivity contribution >= 4 is 33.0 Å². The molecule has 30 heavy (non-hydrogen) atoms. The molecule has 0 saturated heterocycles. The number of carbonyl (C=O) groups is 1. The number of benzene rings is 2. The number of sulfonamides is 1. The summed E-state index contributed by atoms with van der Waals surface area (Å²) in [6, 6.07) is 9.46.